The molecule has 19 heavy (non-hydrogen) atoms. The van der Waals surface area contributed by atoms with Crippen LogP contribution in [-0.4, -0.2) is 30.7 Å². The van der Waals surface area contributed by atoms with Crippen molar-refractivity contribution in [3.05, 3.63) is 0 Å². The second-order valence-corrected chi connectivity index (χ2v) is 7.32. The first-order valence-electron chi connectivity index (χ1n) is 7.70. The van der Waals surface area contributed by atoms with Crippen LogP contribution < -0.4 is 0 Å². The maximum atomic E-state index is 11.6. The molecule has 3 rings (SSSR count). The van der Waals surface area contributed by atoms with Gasteiger partial charge >= 0.3 is 0 Å². The third kappa shape index (κ3) is 1.74. The molecule has 3 aliphatic rings. The quantitative estimate of drug-likeness (QED) is 0.784. The number of ketones is 1. The van der Waals surface area contributed by atoms with Crippen LogP contribution in [-0.2, 0) is 14.3 Å². The number of fused-ring (bicyclic) bond motifs is 2. The van der Waals surface area contributed by atoms with Gasteiger partial charge in [-0.15, -0.1) is 0 Å². The molecule has 3 aliphatic carbocycles. The molecule has 0 aromatic rings. The summed E-state index contributed by atoms with van der Waals surface area (Å²) < 4.78 is 11.8. The summed E-state index contributed by atoms with van der Waals surface area (Å²) in [5.41, 5.74) is 0.638. The van der Waals surface area contributed by atoms with E-state index in [2.05, 4.69) is 20.8 Å². The van der Waals surface area contributed by atoms with Crippen molar-refractivity contribution in [1.29, 1.82) is 0 Å². The summed E-state index contributed by atoms with van der Waals surface area (Å²) in [5.74, 6) is 0.989. The van der Waals surface area contributed by atoms with Crippen LogP contribution in [0.1, 0.15) is 53.4 Å². The van der Waals surface area contributed by atoms with Crippen LogP contribution in [0.15, 0.2) is 0 Å². The lowest BCUT2D eigenvalue weighted by Gasteiger charge is -2.43. The highest BCUT2D eigenvalue weighted by atomic mass is 16.6. The lowest BCUT2D eigenvalue weighted by molar-refractivity contribution is -0.184. The molecule has 0 N–H and O–H groups in total. The Labute approximate surface area is 116 Å². The highest BCUT2D eigenvalue weighted by Gasteiger charge is 2.63. The number of rotatable bonds is 4. The van der Waals surface area contributed by atoms with E-state index in [1.54, 1.807) is 0 Å². The van der Waals surface area contributed by atoms with Gasteiger partial charge in [0.2, 0.25) is 0 Å². The SMILES string of the molecule is CCOC1C(=O)CC1OC1CC2CCC1(C)C2(C)C. The number of hydrogen-bond acceptors (Lipinski definition) is 3. The first-order chi connectivity index (χ1) is 8.90. The monoisotopic (exact) mass is 266 g/mol. The van der Waals surface area contributed by atoms with Gasteiger partial charge in [-0.25, -0.2) is 0 Å². The summed E-state index contributed by atoms with van der Waals surface area (Å²) in [4.78, 5) is 11.6. The van der Waals surface area contributed by atoms with Crippen molar-refractivity contribution in [3.63, 3.8) is 0 Å². The largest absolute Gasteiger partial charge is 0.371 e. The molecule has 0 amide bonds. The van der Waals surface area contributed by atoms with E-state index in [1.807, 2.05) is 6.92 Å². The van der Waals surface area contributed by atoms with Gasteiger partial charge in [0.1, 0.15) is 6.10 Å². The Morgan fingerprint density at radius 2 is 2.05 bits per heavy atom. The summed E-state index contributed by atoms with van der Waals surface area (Å²) in [6, 6.07) is 0. The maximum Gasteiger partial charge on any atom is 0.166 e. The maximum absolute atomic E-state index is 11.6. The highest BCUT2D eigenvalue weighted by Crippen LogP contribution is 2.66. The summed E-state index contributed by atoms with van der Waals surface area (Å²) >= 11 is 0. The molecular weight excluding hydrogens is 240 g/mol. The van der Waals surface area contributed by atoms with E-state index >= 15 is 0 Å². The van der Waals surface area contributed by atoms with Gasteiger partial charge in [0.05, 0.1) is 12.2 Å². The number of carbonyl (C=O) groups excluding carboxylic acids is 1. The fraction of sp³-hybridized carbons (Fsp3) is 0.938. The predicted molar refractivity (Wildman–Crippen MR) is 72.9 cm³/mol. The normalized spacial score (nSPS) is 47.5. The van der Waals surface area contributed by atoms with Crippen LogP contribution in [0.3, 0.4) is 0 Å². The van der Waals surface area contributed by atoms with Crippen LogP contribution in [0.4, 0.5) is 0 Å². The third-order valence-electron chi connectivity index (χ3n) is 6.46. The van der Waals surface area contributed by atoms with E-state index < -0.39 is 0 Å². The number of hydrogen-bond donors (Lipinski definition) is 0. The molecule has 0 aromatic carbocycles. The highest BCUT2D eigenvalue weighted by molar-refractivity contribution is 5.90. The summed E-state index contributed by atoms with van der Waals surface area (Å²) in [6.07, 6.45) is 4.31. The van der Waals surface area contributed by atoms with Crippen molar-refractivity contribution in [2.24, 2.45) is 16.7 Å². The molecule has 5 unspecified atom stereocenters. The van der Waals surface area contributed by atoms with E-state index in [4.69, 9.17) is 9.47 Å². The van der Waals surface area contributed by atoms with E-state index in [0.29, 0.717) is 24.5 Å². The molecule has 3 nitrogen and oxygen atoms in total. The Balaban J connectivity index is 1.68. The van der Waals surface area contributed by atoms with Gasteiger partial charge in [0.25, 0.3) is 0 Å². The van der Waals surface area contributed by atoms with Gasteiger partial charge in [0.15, 0.2) is 5.78 Å². The standard InChI is InChI=1S/C16H26O3/c1-5-18-14-11(17)9-12(14)19-13-8-10-6-7-16(13,4)15(10,2)3/h10,12-14H,5-9H2,1-4H3. The number of carbonyl (C=O) groups is 1. The molecule has 2 bridgehead atoms. The molecule has 5 atom stereocenters. The van der Waals surface area contributed by atoms with E-state index in [-0.39, 0.29) is 23.4 Å². The van der Waals surface area contributed by atoms with Crippen molar-refractivity contribution < 1.29 is 14.3 Å². The minimum atomic E-state index is -0.296. The molecule has 0 aromatic heterocycles. The molecule has 3 heteroatoms. The number of ether oxygens (including phenoxy) is 2. The van der Waals surface area contributed by atoms with Crippen molar-refractivity contribution >= 4 is 5.78 Å². The Morgan fingerprint density at radius 3 is 2.53 bits per heavy atom. The van der Waals surface area contributed by atoms with E-state index in [9.17, 15) is 4.79 Å². The minimum Gasteiger partial charge on any atom is -0.371 e. The Morgan fingerprint density at radius 1 is 1.32 bits per heavy atom. The predicted octanol–water partition coefficient (Wildman–Crippen LogP) is 2.96. The third-order valence-corrected chi connectivity index (χ3v) is 6.46. The zero-order valence-corrected chi connectivity index (χ0v) is 12.6. The molecule has 0 saturated heterocycles. The topological polar surface area (TPSA) is 35.5 Å². The fourth-order valence-electron chi connectivity index (χ4n) is 4.51. The van der Waals surface area contributed by atoms with Gasteiger partial charge in [-0.3, -0.25) is 4.79 Å². The smallest absolute Gasteiger partial charge is 0.166 e. The van der Waals surface area contributed by atoms with Crippen LogP contribution in [0.25, 0.3) is 0 Å². The second kappa shape index (κ2) is 4.29. The van der Waals surface area contributed by atoms with Gasteiger partial charge in [-0.2, -0.15) is 0 Å². The minimum absolute atomic E-state index is 0.00410. The van der Waals surface area contributed by atoms with Crippen LogP contribution in [0.2, 0.25) is 0 Å². The van der Waals surface area contributed by atoms with E-state index in [0.717, 1.165) is 12.3 Å². The molecule has 3 fully saturated rings. The van der Waals surface area contributed by atoms with E-state index in [1.165, 1.54) is 12.8 Å². The van der Waals surface area contributed by atoms with Gasteiger partial charge in [-0.1, -0.05) is 20.8 Å². The zero-order chi connectivity index (χ0) is 13.8. The van der Waals surface area contributed by atoms with Crippen LogP contribution in [0, 0.1) is 16.7 Å². The number of Topliss-reactive ketones (excluding diaryl/α,β-unsaturated/α-hetero) is 1. The molecular formula is C16H26O3. The van der Waals surface area contributed by atoms with Crippen molar-refractivity contribution in [2.45, 2.75) is 71.7 Å². The average Bonchev–Trinajstić information content (AvgIpc) is 2.68. The summed E-state index contributed by atoms with van der Waals surface area (Å²) in [6.45, 7) is 9.68. The lowest BCUT2D eigenvalue weighted by atomic mass is 9.70. The molecule has 108 valence electrons. The lowest BCUT2D eigenvalue weighted by Crippen LogP contribution is -2.53. The van der Waals surface area contributed by atoms with Gasteiger partial charge < -0.3 is 9.47 Å². The van der Waals surface area contributed by atoms with Crippen LogP contribution in [0.5, 0.6) is 0 Å². The fourth-order valence-corrected chi connectivity index (χ4v) is 4.51. The first kappa shape index (κ1) is 13.6. The Kier molecular flexibility index (Phi) is 3.06. The van der Waals surface area contributed by atoms with Crippen LogP contribution >= 0.6 is 0 Å². The Hall–Kier alpha value is -0.410. The van der Waals surface area contributed by atoms with Gasteiger partial charge in [0, 0.05) is 13.0 Å². The first-order valence-corrected chi connectivity index (χ1v) is 7.70. The van der Waals surface area contributed by atoms with Crippen molar-refractivity contribution in [3.8, 4) is 0 Å². The molecule has 0 heterocycles. The second-order valence-electron chi connectivity index (χ2n) is 7.32. The molecule has 0 aliphatic heterocycles. The average molecular weight is 266 g/mol. The zero-order valence-electron chi connectivity index (χ0n) is 12.6. The summed E-state index contributed by atoms with van der Waals surface area (Å²) in [7, 11) is 0. The summed E-state index contributed by atoms with van der Waals surface area (Å²) in [5, 5.41) is 0. The molecule has 0 radical (unpaired) electrons. The van der Waals surface area contributed by atoms with Crippen molar-refractivity contribution in [1.82, 2.24) is 0 Å². The molecule has 0 spiro atoms. The van der Waals surface area contributed by atoms with Crippen molar-refractivity contribution in [2.75, 3.05) is 6.61 Å². The molecule has 3 saturated carbocycles. The Bertz CT molecular complexity index is 389. The van der Waals surface area contributed by atoms with Gasteiger partial charge in [-0.05, 0) is 42.9 Å².